The van der Waals surface area contributed by atoms with Crippen LogP contribution >= 0.6 is 0 Å². The summed E-state index contributed by atoms with van der Waals surface area (Å²) in [6.07, 6.45) is -0.463. The summed E-state index contributed by atoms with van der Waals surface area (Å²) in [5, 5.41) is 2.59. The summed E-state index contributed by atoms with van der Waals surface area (Å²) in [7, 11) is 0. The number of alkyl carbamates (subject to hydrolysis) is 1. The van der Waals surface area contributed by atoms with Crippen LogP contribution in [0.3, 0.4) is 0 Å². The number of esters is 1. The Hall–Kier alpha value is -1.38. The van der Waals surface area contributed by atoms with Gasteiger partial charge in [-0.15, -0.1) is 0 Å². The molecule has 0 rings (SSSR count). The average Bonchev–Trinajstić information content (AvgIpc) is 2.40. The Morgan fingerprint density at radius 2 is 1.20 bits per heavy atom. The number of nitrogens with one attached hydrogen (secondary N) is 1. The van der Waals surface area contributed by atoms with Crippen LogP contribution in [0.1, 0.15) is 41.5 Å². The van der Waals surface area contributed by atoms with Crippen molar-refractivity contribution < 1.29 is 33.3 Å². The van der Waals surface area contributed by atoms with Crippen LogP contribution in [0.4, 0.5) is 4.79 Å². The third-order valence-corrected chi connectivity index (χ3v) is 2.30. The van der Waals surface area contributed by atoms with E-state index < -0.39 is 23.3 Å². The number of hydrogen-bond donors (Lipinski definition) is 1. The van der Waals surface area contributed by atoms with Gasteiger partial charge >= 0.3 is 12.1 Å². The molecule has 1 amide bonds. The van der Waals surface area contributed by atoms with Crippen LogP contribution in [0, 0.1) is 0 Å². The topological polar surface area (TPSA) is 92.3 Å². The molecular formula is C17H33NO7. The van der Waals surface area contributed by atoms with Crippen LogP contribution in [0.25, 0.3) is 0 Å². The molecule has 1 N–H and O–H groups in total. The molecule has 0 heterocycles. The molecule has 0 aliphatic carbocycles. The minimum atomic E-state index is -0.510. The first-order chi connectivity index (χ1) is 11.5. The normalized spacial score (nSPS) is 11.9. The van der Waals surface area contributed by atoms with E-state index in [0.717, 1.165) is 0 Å². The molecule has 8 heteroatoms. The Labute approximate surface area is 150 Å². The van der Waals surface area contributed by atoms with E-state index in [-0.39, 0.29) is 6.61 Å². The Bertz CT molecular complexity index is 349. The van der Waals surface area contributed by atoms with E-state index in [4.69, 9.17) is 23.7 Å². The van der Waals surface area contributed by atoms with Gasteiger partial charge in [0.05, 0.1) is 33.0 Å². The number of carbonyl (C=O) groups excluding carboxylic acids is 2. The van der Waals surface area contributed by atoms with Gasteiger partial charge in [-0.3, -0.25) is 0 Å². The smallest absolute Gasteiger partial charge is 0.407 e. The zero-order chi connectivity index (χ0) is 19.3. The maximum atomic E-state index is 11.4. The largest absolute Gasteiger partial charge is 0.458 e. The van der Waals surface area contributed by atoms with Crippen LogP contribution in [-0.2, 0) is 28.5 Å². The van der Waals surface area contributed by atoms with Gasteiger partial charge in [-0.25, -0.2) is 9.59 Å². The van der Waals surface area contributed by atoms with E-state index in [1.807, 2.05) is 0 Å². The highest BCUT2D eigenvalue weighted by Gasteiger charge is 2.16. The molecule has 0 spiro atoms. The first-order valence-electron chi connectivity index (χ1n) is 8.41. The third kappa shape index (κ3) is 18.8. The van der Waals surface area contributed by atoms with Crippen LogP contribution in [0.15, 0.2) is 0 Å². The highest BCUT2D eigenvalue weighted by atomic mass is 16.6. The van der Waals surface area contributed by atoms with Crippen molar-refractivity contribution in [3.63, 3.8) is 0 Å². The highest BCUT2D eigenvalue weighted by molar-refractivity contribution is 5.71. The number of ether oxygens (including phenoxy) is 5. The van der Waals surface area contributed by atoms with Crippen molar-refractivity contribution in [2.45, 2.75) is 52.7 Å². The molecule has 0 saturated heterocycles. The van der Waals surface area contributed by atoms with E-state index in [1.54, 1.807) is 41.5 Å². The Kier molecular flexibility index (Phi) is 11.4. The molecule has 0 aromatic carbocycles. The summed E-state index contributed by atoms with van der Waals surface area (Å²) in [5.74, 6) is -0.395. The number of rotatable bonds is 11. The standard InChI is InChI=1S/C17H33NO7/c1-16(2,3)24-14(19)13-23-12-11-22-10-9-21-8-7-18-15(20)25-17(4,5)6/h7-13H2,1-6H3,(H,18,20). The Balaban J connectivity index is 3.35. The first kappa shape index (κ1) is 23.6. The molecule has 0 saturated carbocycles. The van der Waals surface area contributed by atoms with Crippen LogP contribution in [0.2, 0.25) is 0 Å². The van der Waals surface area contributed by atoms with Crippen molar-refractivity contribution in [2.75, 3.05) is 46.2 Å². The van der Waals surface area contributed by atoms with E-state index in [9.17, 15) is 9.59 Å². The molecule has 0 aliphatic rings. The van der Waals surface area contributed by atoms with Gasteiger partial charge in [0.25, 0.3) is 0 Å². The molecule has 0 radical (unpaired) electrons. The van der Waals surface area contributed by atoms with Crippen molar-refractivity contribution in [3.8, 4) is 0 Å². The lowest BCUT2D eigenvalue weighted by Crippen LogP contribution is -2.34. The minimum Gasteiger partial charge on any atom is -0.458 e. The SMILES string of the molecule is CC(C)(C)OC(=O)COCCOCCOCCNC(=O)OC(C)(C)C. The fourth-order valence-electron chi connectivity index (χ4n) is 1.51. The molecule has 25 heavy (non-hydrogen) atoms. The summed E-state index contributed by atoms with van der Waals surface area (Å²) in [6, 6.07) is 0. The number of amides is 1. The summed E-state index contributed by atoms with van der Waals surface area (Å²) in [5.41, 5.74) is -1.02. The maximum Gasteiger partial charge on any atom is 0.407 e. The summed E-state index contributed by atoms with van der Waals surface area (Å²) in [4.78, 5) is 22.7. The van der Waals surface area contributed by atoms with E-state index in [0.29, 0.717) is 39.6 Å². The fourth-order valence-corrected chi connectivity index (χ4v) is 1.51. The monoisotopic (exact) mass is 363 g/mol. The van der Waals surface area contributed by atoms with Gasteiger partial charge in [0.1, 0.15) is 17.8 Å². The molecule has 8 nitrogen and oxygen atoms in total. The molecule has 0 fully saturated rings. The minimum absolute atomic E-state index is 0.0898. The van der Waals surface area contributed by atoms with Gasteiger partial charge in [0, 0.05) is 6.54 Å². The van der Waals surface area contributed by atoms with Gasteiger partial charge in [-0.05, 0) is 41.5 Å². The third-order valence-electron chi connectivity index (χ3n) is 2.30. The number of carbonyl (C=O) groups is 2. The average molecular weight is 363 g/mol. The second-order valence-corrected chi connectivity index (χ2v) is 7.29. The summed E-state index contributed by atoms with van der Waals surface area (Å²) >= 11 is 0. The quantitative estimate of drug-likeness (QED) is 0.443. The summed E-state index contributed by atoms with van der Waals surface area (Å²) in [6.45, 7) is 12.9. The molecule has 0 unspecified atom stereocenters. The lowest BCUT2D eigenvalue weighted by Gasteiger charge is -2.19. The highest BCUT2D eigenvalue weighted by Crippen LogP contribution is 2.07. The Morgan fingerprint density at radius 1 is 0.720 bits per heavy atom. The van der Waals surface area contributed by atoms with Gasteiger partial charge < -0.3 is 29.0 Å². The van der Waals surface area contributed by atoms with Crippen molar-refractivity contribution in [2.24, 2.45) is 0 Å². The zero-order valence-corrected chi connectivity index (χ0v) is 16.3. The van der Waals surface area contributed by atoms with Gasteiger partial charge in [0.15, 0.2) is 0 Å². The maximum absolute atomic E-state index is 11.4. The molecule has 0 aliphatic heterocycles. The predicted molar refractivity (Wildman–Crippen MR) is 92.5 cm³/mol. The van der Waals surface area contributed by atoms with Crippen molar-refractivity contribution in [1.29, 1.82) is 0 Å². The second-order valence-electron chi connectivity index (χ2n) is 7.29. The fraction of sp³-hybridized carbons (Fsp3) is 0.882. The zero-order valence-electron chi connectivity index (χ0n) is 16.3. The van der Waals surface area contributed by atoms with Crippen molar-refractivity contribution in [3.05, 3.63) is 0 Å². The first-order valence-corrected chi connectivity index (χ1v) is 8.41. The summed E-state index contributed by atoms with van der Waals surface area (Å²) < 4.78 is 25.9. The molecule has 148 valence electrons. The van der Waals surface area contributed by atoms with Crippen LogP contribution in [0.5, 0.6) is 0 Å². The van der Waals surface area contributed by atoms with Crippen LogP contribution < -0.4 is 5.32 Å². The van der Waals surface area contributed by atoms with Gasteiger partial charge in [-0.1, -0.05) is 0 Å². The lowest BCUT2D eigenvalue weighted by atomic mass is 10.2. The predicted octanol–water partition coefficient (Wildman–Crippen LogP) is 1.90. The van der Waals surface area contributed by atoms with E-state index in [1.165, 1.54) is 0 Å². The van der Waals surface area contributed by atoms with E-state index in [2.05, 4.69) is 5.32 Å². The van der Waals surface area contributed by atoms with Crippen molar-refractivity contribution in [1.82, 2.24) is 5.32 Å². The van der Waals surface area contributed by atoms with Gasteiger partial charge in [-0.2, -0.15) is 0 Å². The molecule has 0 aromatic rings. The number of hydrogen-bond acceptors (Lipinski definition) is 7. The molecule has 0 bridgehead atoms. The molecular weight excluding hydrogens is 330 g/mol. The van der Waals surface area contributed by atoms with Crippen molar-refractivity contribution >= 4 is 12.1 Å². The molecule has 0 atom stereocenters. The Morgan fingerprint density at radius 3 is 1.72 bits per heavy atom. The lowest BCUT2D eigenvalue weighted by molar-refractivity contribution is -0.160. The van der Waals surface area contributed by atoms with Crippen LogP contribution in [-0.4, -0.2) is 69.5 Å². The van der Waals surface area contributed by atoms with Gasteiger partial charge in [0.2, 0.25) is 0 Å². The van der Waals surface area contributed by atoms with E-state index >= 15 is 0 Å². The second kappa shape index (κ2) is 12.1. The molecule has 0 aromatic heterocycles.